The monoisotopic (exact) mass is 565 g/mol. The van der Waals surface area contributed by atoms with Gasteiger partial charge in [0.15, 0.2) is 0 Å². The van der Waals surface area contributed by atoms with Crippen molar-refractivity contribution in [1.29, 1.82) is 0 Å². The van der Waals surface area contributed by atoms with E-state index in [4.69, 9.17) is 0 Å². The van der Waals surface area contributed by atoms with Crippen LogP contribution in [0.15, 0.2) is 83.8 Å². The molecule has 4 rings (SSSR count). The van der Waals surface area contributed by atoms with E-state index in [1.54, 1.807) is 18.2 Å². The number of carbonyl (C=O) groups excluding carboxylic acids is 2. The van der Waals surface area contributed by atoms with Gasteiger partial charge in [-0.05, 0) is 61.6 Å². The van der Waals surface area contributed by atoms with Gasteiger partial charge in [0.25, 0.3) is 10.0 Å². The standard InChI is InChI=1S/C31H36FN3O4S/c1-3-28(31(37)33-25-15-9-10-16-25)34(21-24-14-8-7-13-23(24)2)30(36)22-35(29-20-12-11-19-27(29)32)40(38,39)26-17-5-4-6-18-26/h4-8,11-14,17-20,25,28H,3,9-10,15-16,21-22H2,1-2H3,(H,33,37). The van der Waals surface area contributed by atoms with Crippen LogP contribution in [-0.2, 0) is 26.2 Å². The summed E-state index contributed by atoms with van der Waals surface area (Å²) in [5, 5.41) is 3.09. The minimum atomic E-state index is -4.31. The zero-order valence-electron chi connectivity index (χ0n) is 22.9. The van der Waals surface area contributed by atoms with Crippen LogP contribution >= 0.6 is 0 Å². The highest BCUT2D eigenvalue weighted by Gasteiger charge is 2.35. The molecule has 2 amide bonds. The number of sulfonamides is 1. The Balaban J connectivity index is 1.72. The summed E-state index contributed by atoms with van der Waals surface area (Å²) < 4.78 is 43.4. The molecule has 3 aromatic carbocycles. The molecule has 9 heteroatoms. The molecule has 0 spiro atoms. The van der Waals surface area contributed by atoms with Crippen molar-refractivity contribution >= 4 is 27.5 Å². The molecular weight excluding hydrogens is 529 g/mol. The van der Waals surface area contributed by atoms with E-state index in [2.05, 4.69) is 5.32 Å². The molecule has 212 valence electrons. The molecule has 40 heavy (non-hydrogen) atoms. The number of benzene rings is 3. The number of amides is 2. The topological polar surface area (TPSA) is 86.8 Å². The van der Waals surface area contributed by atoms with Crippen LogP contribution < -0.4 is 9.62 Å². The Morgan fingerprint density at radius 3 is 2.23 bits per heavy atom. The number of para-hydroxylation sites is 1. The molecule has 0 aliphatic heterocycles. The summed E-state index contributed by atoms with van der Waals surface area (Å²) in [4.78, 5) is 28.9. The Labute approximate surface area is 236 Å². The van der Waals surface area contributed by atoms with Gasteiger partial charge in [0.05, 0.1) is 10.6 Å². The average molecular weight is 566 g/mol. The molecule has 3 aromatic rings. The predicted octanol–water partition coefficient (Wildman–Crippen LogP) is 5.20. The number of rotatable bonds is 11. The van der Waals surface area contributed by atoms with Crippen LogP contribution in [0.1, 0.15) is 50.2 Å². The highest BCUT2D eigenvalue weighted by Crippen LogP contribution is 2.27. The third-order valence-electron chi connectivity index (χ3n) is 7.42. The number of nitrogens with one attached hydrogen (secondary N) is 1. The fraction of sp³-hybridized carbons (Fsp3) is 0.355. The normalized spacial score (nSPS) is 14.5. The van der Waals surface area contributed by atoms with E-state index in [0.29, 0.717) is 6.42 Å². The number of aryl methyl sites for hydroxylation is 1. The molecule has 7 nitrogen and oxygen atoms in total. The third kappa shape index (κ3) is 6.70. The Hall–Kier alpha value is -3.72. The van der Waals surface area contributed by atoms with Crippen LogP contribution in [0.2, 0.25) is 0 Å². The van der Waals surface area contributed by atoms with Crippen LogP contribution in [0.25, 0.3) is 0 Å². The van der Waals surface area contributed by atoms with Gasteiger partial charge in [-0.25, -0.2) is 12.8 Å². The highest BCUT2D eigenvalue weighted by atomic mass is 32.2. The number of carbonyl (C=O) groups is 2. The molecule has 1 atom stereocenters. The van der Waals surface area contributed by atoms with Crippen molar-refractivity contribution in [1.82, 2.24) is 10.2 Å². The first-order chi connectivity index (χ1) is 19.2. The molecular formula is C31H36FN3O4S. The predicted molar refractivity (Wildman–Crippen MR) is 154 cm³/mol. The lowest BCUT2D eigenvalue weighted by molar-refractivity contribution is -0.140. The second-order valence-corrected chi connectivity index (χ2v) is 12.0. The Bertz CT molecular complexity index is 1430. The number of nitrogens with zero attached hydrogens (tertiary/aromatic N) is 2. The third-order valence-corrected chi connectivity index (χ3v) is 9.19. The highest BCUT2D eigenvalue weighted by molar-refractivity contribution is 7.92. The van der Waals surface area contributed by atoms with Gasteiger partial charge in [0, 0.05) is 12.6 Å². The Kier molecular flexibility index (Phi) is 9.58. The first kappa shape index (κ1) is 29.3. The lowest BCUT2D eigenvalue weighted by Gasteiger charge is -2.34. The van der Waals surface area contributed by atoms with Crippen LogP contribution in [0.4, 0.5) is 10.1 Å². The molecule has 1 aliphatic rings. The van der Waals surface area contributed by atoms with Crippen LogP contribution in [0.3, 0.4) is 0 Å². The fourth-order valence-corrected chi connectivity index (χ4v) is 6.59. The van der Waals surface area contributed by atoms with Gasteiger partial charge in [-0.15, -0.1) is 0 Å². The summed E-state index contributed by atoms with van der Waals surface area (Å²) in [6.07, 6.45) is 4.21. The summed E-state index contributed by atoms with van der Waals surface area (Å²) in [6, 6.07) is 19.9. The SMILES string of the molecule is CCC(C(=O)NC1CCCC1)N(Cc1ccccc1C)C(=O)CN(c1ccccc1F)S(=O)(=O)c1ccccc1. The van der Waals surface area contributed by atoms with Gasteiger partial charge in [-0.1, -0.05) is 74.4 Å². The van der Waals surface area contributed by atoms with Crippen molar-refractivity contribution in [2.75, 3.05) is 10.8 Å². The Morgan fingerprint density at radius 2 is 1.57 bits per heavy atom. The molecule has 1 aliphatic carbocycles. The number of anilines is 1. The first-order valence-corrected chi connectivity index (χ1v) is 15.1. The molecule has 0 saturated heterocycles. The van der Waals surface area contributed by atoms with Crippen molar-refractivity contribution in [3.8, 4) is 0 Å². The smallest absolute Gasteiger partial charge is 0.264 e. The summed E-state index contributed by atoms with van der Waals surface area (Å²) >= 11 is 0. The van der Waals surface area contributed by atoms with Crippen molar-refractivity contribution in [2.24, 2.45) is 0 Å². The van der Waals surface area contributed by atoms with Crippen molar-refractivity contribution in [2.45, 2.75) is 69.5 Å². The van der Waals surface area contributed by atoms with E-state index < -0.39 is 34.3 Å². The van der Waals surface area contributed by atoms with Crippen LogP contribution in [-0.4, -0.2) is 43.8 Å². The zero-order chi connectivity index (χ0) is 28.7. The number of hydrogen-bond donors (Lipinski definition) is 1. The van der Waals surface area contributed by atoms with Gasteiger partial charge in [-0.2, -0.15) is 0 Å². The fourth-order valence-electron chi connectivity index (χ4n) is 5.15. The van der Waals surface area contributed by atoms with E-state index in [1.165, 1.54) is 35.2 Å². The van der Waals surface area contributed by atoms with Crippen molar-refractivity contribution in [3.63, 3.8) is 0 Å². The molecule has 0 heterocycles. The second-order valence-electron chi connectivity index (χ2n) is 10.1. The largest absolute Gasteiger partial charge is 0.352 e. The quantitative estimate of drug-likeness (QED) is 0.347. The number of halogens is 1. The maximum absolute atomic E-state index is 15.0. The summed E-state index contributed by atoms with van der Waals surface area (Å²) in [5.41, 5.74) is 1.54. The van der Waals surface area contributed by atoms with Crippen LogP contribution in [0, 0.1) is 12.7 Å². The minimum absolute atomic E-state index is 0.0605. The lowest BCUT2D eigenvalue weighted by Crippen LogP contribution is -2.53. The molecule has 1 fully saturated rings. The van der Waals surface area contributed by atoms with Crippen molar-refractivity contribution < 1.29 is 22.4 Å². The molecule has 0 radical (unpaired) electrons. The zero-order valence-corrected chi connectivity index (χ0v) is 23.7. The van der Waals surface area contributed by atoms with Gasteiger partial charge in [0.2, 0.25) is 11.8 Å². The van der Waals surface area contributed by atoms with Crippen LogP contribution in [0.5, 0.6) is 0 Å². The molecule has 1 unspecified atom stereocenters. The Morgan fingerprint density at radius 1 is 0.950 bits per heavy atom. The minimum Gasteiger partial charge on any atom is -0.352 e. The maximum Gasteiger partial charge on any atom is 0.264 e. The molecule has 1 saturated carbocycles. The van der Waals surface area contributed by atoms with E-state index >= 15 is 4.39 Å². The number of hydrogen-bond acceptors (Lipinski definition) is 4. The molecule has 1 N–H and O–H groups in total. The van der Waals surface area contributed by atoms with Gasteiger partial charge in [-0.3, -0.25) is 13.9 Å². The molecule has 0 aromatic heterocycles. The summed E-state index contributed by atoms with van der Waals surface area (Å²) in [5.74, 6) is -1.63. The average Bonchev–Trinajstić information content (AvgIpc) is 3.46. The van der Waals surface area contributed by atoms with Gasteiger partial charge in [0.1, 0.15) is 18.4 Å². The summed E-state index contributed by atoms with van der Waals surface area (Å²) in [6.45, 7) is 3.19. The maximum atomic E-state index is 15.0. The summed E-state index contributed by atoms with van der Waals surface area (Å²) in [7, 11) is -4.31. The van der Waals surface area contributed by atoms with E-state index in [1.807, 2.05) is 38.1 Å². The second kappa shape index (κ2) is 13.1. The van der Waals surface area contributed by atoms with Gasteiger partial charge >= 0.3 is 0 Å². The first-order valence-electron chi connectivity index (χ1n) is 13.7. The van der Waals surface area contributed by atoms with Gasteiger partial charge < -0.3 is 10.2 Å². The van der Waals surface area contributed by atoms with E-state index in [-0.39, 0.29) is 29.1 Å². The van der Waals surface area contributed by atoms with E-state index in [9.17, 15) is 18.0 Å². The van der Waals surface area contributed by atoms with E-state index in [0.717, 1.165) is 47.2 Å². The molecule has 0 bridgehead atoms. The lowest BCUT2D eigenvalue weighted by atomic mass is 10.1. The van der Waals surface area contributed by atoms with Crippen molar-refractivity contribution in [3.05, 3.63) is 95.8 Å².